The first-order chi connectivity index (χ1) is 8.35. The molecule has 18 heavy (non-hydrogen) atoms. The van der Waals surface area contributed by atoms with Crippen LogP contribution in [-0.2, 0) is 16.0 Å². The molecule has 0 unspecified atom stereocenters. The van der Waals surface area contributed by atoms with Crippen molar-refractivity contribution >= 4 is 11.6 Å². The van der Waals surface area contributed by atoms with Crippen LogP contribution < -0.4 is 5.56 Å². The number of carbonyl (C=O) groups excluding carboxylic acids is 1. The molecule has 5 heteroatoms. The van der Waals surface area contributed by atoms with E-state index in [-0.39, 0.29) is 17.9 Å². The molecule has 0 saturated heterocycles. The Balaban J connectivity index is 2.20. The first kappa shape index (κ1) is 12.4. The first-order valence-corrected chi connectivity index (χ1v) is 5.76. The Labute approximate surface area is 104 Å². The number of esters is 1. The molecule has 2 rings (SSSR count). The molecule has 0 aromatic carbocycles. The predicted molar refractivity (Wildman–Crippen MR) is 67.6 cm³/mol. The van der Waals surface area contributed by atoms with E-state index < -0.39 is 5.60 Å². The quantitative estimate of drug-likeness (QED) is 0.819. The fraction of sp³-hybridized carbons (Fsp3) is 0.385. The Morgan fingerprint density at radius 3 is 2.72 bits per heavy atom. The zero-order valence-corrected chi connectivity index (χ0v) is 10.7. The highest BCUT2D eigenvalue weighted by Crippen LogP contribution is 2.10. The molecule has 1 N–H and O–H groups in total. The van der Waals surface area contributed by atoms with Crippen molar-refractivity contribution in [2.24, 2.45) is 0 Å². The summed E-state index contributed by atoms with van der Waals surface area (Å²) >= 11 is 0. The number of nitrogens with zero attached hydrogens (tertiary/aromatic N) is 1. The van der Waals surface area contributed by atoms with Gasteiger partial charge in [0.2, 0.25) is 0 Å². The van der Waals surface area contributed by atoms with E-state index >= 15 is 0 Å². The van der Waals surface area contributed by atoms with Gasteiger partial charge in [-0.25, -0.2) is 0 Å². The lowest BCUT2D eigenvalue weighted by atomic mass is 10.2. The van der Waals surface area contributed by atoms with Crippen LogP contribution in [0, 0.1) is 0 Å². The maximum atomic E-state index is 11.7. The van der Waals surface area contributed by atoms with Gasteiger partial charge in [-0.3, -0.25) is 14.0 Å². The van der Waals surface area contributed by atoms with Crippen LogP contribution in [0.2, 0.25) is 0 Å². The topological polar surface area (TPSA) is 63.6 Å². The lowest BCUT2D eigenvalue weighted by Gasteiger charge is -2.19. The van der Waals surface area contributed by atoms with Crippen LogP contribution in [0.25, 0.3) is 5.65 Å². The molecule has 5 nitrogen and oxygen atoms in total. The third-order valence-electron chi connectivity index (χ3n) is 2.32. The predicted octanol–water partition coefficient (Wildman–Crippen LogP) is 1.51. The molecule has 0 radical (unpaired) electrons. The monoisotopic (exact) mass is 248 g/mol. The van der Waals surface area contributed by atoms with E-state index in [4.69, 9.17) is 4.74 Å². The second-order valence-electron chi connectivity index (χ2n) is 5.16. The third kappa shape index (κ3) is 2.80. The van der Waals surface area contributed by atoms with Gasteiger partial charge in [0.25, 0.3) is 5.56 Å². The van der Waals surface area contributed by atoms with E-state index in [1.54, 1.807) is 18.3 Å². The second-order valence-corrected chi connectivity index (χ2v) is 5.16. The van der Waals surface area contributed by atoms with Crippen LogP contribution in [0.4, 0.5) is 0 Å². The minimum atomic E-state index is -0.500. The smallest absolute Gasteiger partial charge is 0.312 e. The molecule has 0 bridgehead atoms. The number of ether oxygens (including phenoxy) is 1. The Kier molecular flexibility index (Phi) is 2.98. The Morgan fingerprint density at radius 2 is 2.11 bits per heavy atom. The minimum Gasteiger partial charge on any atom is -0.460 e. The molecule has 2 aromatic heterocycles. The van der Waals surface area contributed by atoms with Crippen molar-refractivity contribution in [2.45, 2.75) is 32.8 Å². The summed E-state index contributed by atoms with van der Waals surface area (Å²) in [5.41, 5.74) is 0.702. The van der Waals surface area contributed by atoms with Crippen LogP contribution in [0.1, 0.15) is 26.5 Å². The lowest BCUT2D eigenvalue weighted by molar-refractivity contribution is -0.153. The maximum Gasteiger partial charge on any atom is 0.312 e. The van der Waals surface area contributed by atoms with Gasteiger partial charge in [0, 0.05) is 18.0 Å². The molecule has 0 aliphatic heterocycles. The molecule has 2 heterocycles. The van der Waals surface area contributed by atoms with E-state index in [2.05, 4.69) is 4.98 Å². The fourth-order valence-electron chi connectivity index (χ4n) is 1.71. The summed E-state index contributed by atoms with van der Waals surface area (Å²) in [4.78, 5) is 26.2. The molecular formula is C13H16N2O3. The summed E-state index contributed by atoms with van der Waals surface area (Å²) in [6, 6.07) is 4.92. The molecule has 0 atom stereocenters. The highest BCUT2D eigenvalue weighted by atomic mass is 16.6. The van der Waals surface area contributed by atoms with E-state index in [9.17, 15) is 9.59 Å². The van der Waals surface area contributed by atoms with Crippen LogP contribution >= 0.6 is 0 Å². The molecule has 0 fully saturated rings. The van der Waals surface area contributed by atoms with Crippen LogP contribution in [0.15, 0.2) is 29.2 Å². The fourth-order valence-corrected chi connectivity index (χ4v) is 1.71. The Morgan fingerprint density at radius 1 is 1.39 bits per heavy atom. The number of aromatic nitrogens is 2. The van der Waals surface area contributed by atoms with Crippen molar-refractivity contribution in [3.63, 3.8) is 0 Å². The van der Waals surface area contributed by atoms with Crippen molar-refractivity contribution in [3.05, 3.63) is 40.4 Å². The highest BCUT2D eigenvalue weighted by molar-refractivity contribution is 5.72. The number of pyridine rings is 1. The summed E-state index contributed by atoms with van der Waals surface area (Å²) in [6.45, 7) is 5.46. The maximum absolute atomic E-state index is 11.7. The number of rotatable bonds is 2. The summed E-state index contributed by atoms with van der Waals surface area (Å²) < 4.78 is 6.69. The highest BCUT2D eigenvalue weighted by Gasteiger charge is 2.17. The van der Waals surface area contributed by atoms with Crippen LogP contribution in [-0.4, -0.2) is 21.0 Å². The van der Waals surface area contributed by atoms with Crippen molar-refractivity contribution in [1.82, 2.24) is 9.38 Å². The number of hydrogen-bond acceptors (Lipinski definition) is 3. The van der Waals surface area contributed by atoms with E-state index in [1.165, 1.54) is 10.5 Å². The lowest BCUT2D eigenvalue weighted by Crippen LogP contribution is -2.25. The van der Waals surface area contributed by atoms with Crippen molar-refractivity contribution in [1.29, 1.82) is 0 Å². The van der Waals surface area contributed by atoms with Gasteiger partial charge in [-0.15, -0.1) is 0 Å². The second kappa shape index (κ2) is 4.33. The van der Waals surface area contributed by atoms with Gasteiger partial charge in [0.05, 0.1) is 6.42 Å². The van der Waals surface area contributed by atoms with Gasteiger partial charge < -0.3 is 9.72 Å². The average molecular weight is 248 g/mol. The zero-order chi connectivity index (χ0) is 13.3. The molecule has 96 valence electrons. The van der Waals surface area contributed by atoms with Gasteiger partial charge in [-0.2, -0.15) is 0 Å². The number of carbonyl (C=O) groups is 1. The standard InChI is InChI=1S/C13H16N2O3/c1-13(2,3)18-12(17)7-9-8-15-10(14-9)5-4-6-11(15)16/h4-6,8,14H,7H2,1-3H3. The number of aromatic amines is 1. The van der Waals surface area contributed by atoms with Gasteiger partial charge in [0.1, 0.15) is 11.2 Å². The molecule has 0 spiro atoms. The molecule has 0 amide bonds. The number of hydrogen-bond donors (Lipinski definition) is 1. The number of imidazole rings is 1. The Hall–Kier alpha value is -2.04. The summed E-state index contributed by atoms with van der Waals surface area (Å²) in [5.74, 6) is -0.317. The Bertz CT molecular complexity index is 631. The summed E-state index contributed by atoms with van der Waals surface area (Å²) in [5, 5.41) is 0. The van der Waals surface area contributed by atoms with Crippen molar-refractivity contribution in [2.75, 3.05) is 0 Å². The normalized spacial score (nSPS) is 11.7. The van der Waals surface area contributed by atoms with Crippen LogP contribution in [0.3, 0.4) is 0 Å². The number of H-pyrrole nitrogens is 1. The summed E-state index contributed by atoms with van der Waals surface area (Å²) in [6.07, 6.45) is 1.75. The number of fused-ring (bicyclic) bond motifs is 1. The molecule has 0 aliphatic carbocycles. The van der Waals surface area contributed by atoms with E-state index in [0.717, 1.165) is 0 Å². The molecule has 2 aromatic rings. The minimum absolute atomic E-state index is 0.123. The average Bonchev–Trinajstić information content (AvgIpc) is 2.58. The summed E-state index contributed by atoms with van der Waals surface area (Å²) in [7, 11) is 0. The SMILES string of the molecule is CC(C)(C)OC(=O)Cc1cn2c(=O)cccc2[nH]1. The first-order valence-electron chi connectivity index (χ1n) is 5.76. The number of nitrogens with one attached hydrogen (secondary N) is 1. The zero-order valence-electron chi connectivity index (χ0n) is 10.7. The van der Waals surface area contributed by atoms with Gasteiger partial charge in [-0.05, 0) is 26.8 Å². The van der Waals surface area contributed by atoms with E-state index in [0.29, 0.717) is 11.3 Å². The van der Waals surface area contributed by atoms with Gasteiger partial charge >= 0.3 is 5.97 Å². The van der Waals surface area contributed by atoms with Crippen LogP contribution in [0.5, 0.6) is 0 Å². The van der Waals surface area contributed by atoms with Crippen molar-refractivity contribution < 1.29 is 9.53 Å². The van der Waals surface area contributed by atoms with Gasteiger partial charge in [0.15, 0.2) is 0 Å². The molecule has 0 aliphatic rings. The third-order valence-corrected chi connectivity index (χ3v) is 2.32. The molecular weight excluding hydrogens is 232 g/mol. The van der Waals surface area contributed by atoms with Crippen molar-refractivity contribution in [3.8, 4) is 0 Å². The largest absolute Gasteiger partial charge is 0.460 e. The molecule has 0 saturated carbocycles. The van der Waals surface area contributed by atoms with E-state index in [1.807, 2.05) is 20.8 Å². The van der Waals surface area contributed by atoms with Gasteiger partial charge in [-0.1, -0.05) is 6.07 Å².